The Balaban J connectivity index is 1.96. The molecule has 0 unspecified atom stereocenters. The summed E-state index contributed by atoms with van der Waals surface area (Å²) in [6.07, 6.45) is 1.54. The molecule has 0 aromatic heterocycles. The van der Waals surface area contributed by atoms with Gasteiger partial charge in [-0.1, -0.05) is 41.9 Å². The van der Waals surface area contributed by atoms with Crippen LogP contribution >= 0.6 is 15.9 Å². The Morgan fingerprint density at radius 2 is 2.00 bits per heavy atom. The molecule has 26 heavy (non-hydrogen) atoms. The minimum atomic E-state index is -0.327. The number of hydrazone groups is 1. The lowest BCUT2D eigenvalue weighted by Crippen LogP contribution is -2.25. The number of benzene rings is 2. The summed E-state index contributed by atoms with van der Waals surface area (Å²) < 4.78 is 11.8. The lowest BCUT2D eigenvalue weighted by Gasteiger charge is -2.14. The molecule has 0 aliphatic rings. The Kier molecular flexibility index (Phi) is 7.21. The van der Waals surface area contributed by atoms with Crippen LogP contribution in [-0.2, 0) is 4.79 Å². The number of rotatable bonds is 7. The first-order valence-electron chi connectivity index (χ1n) is 8.29. The number of methoxy groups -OCH3 is 1. The van der Waals surface area contributed by atoms with Gasteiger partial charge in [-0.05, 0) is 48.2 Å². The topological polar surface area (TPSA) is 59.9 Å². The lowest BCUT2D eigenvalue weighted by atomic mass is 10.0. The number of nitrogens with zero attached hydrogens (tertiary/aromatic N) is 1. The van der Waals surface area contributed by atoms with E-state index in [2.05, 4.69) is 40.3 Å². The van der Waals surface area contributed by atoms with Gasteiger partial charge >= 0.3 is 0 Å². The fourth-order valence-corrected chi connectivity index (χ4v) is 2.78. The van der Waals surface area contributed by atoms with Crippen molar-refractivity contribution in [2.75, 3.05) is 13.7 Å². The number of hydrogen-bond acceptors (Lipinski definition) is 4. The smallest absolute Gasteiger partial charge is 0.277 e. The summed E-state index contributed by atoms with van der Waals surface area (Å²) in [5.74, 6) is 1.39. The fourth-order valence-electron chi connectivity index (χ4n) is 2.40. The van der Waals surface area contributed by atoms with Crippen molar-refractivity contribution in [1.82, 2.24) is 5.43 Å². The first kappa shape index (κ1) is 20.0. The SMILES string of the molecule is COc1ccc(Br)cc1/C=N/NC(=O)COc1cc(C)ccc1C(C)C. The van der Waals surface area contributed by atoms with Gasteiger partial charge in [0.1, 0.15) is 11.5 Å². The second-order valence-corrected chi connectivity index (χ2v) is 7.08. The van der Waals surface area contributed by atoms with Crippen LogP contribution in [-0.4, -0.2) is 25.8 Å². The highest BCUT2D eigenvalue weighted by Crippen LogP contribution is 2.27. The molecule has 5 nitrogen and oxygen atoms in total. The van der Waals surface area contributed by atoms with Crippen LogP contribution in [0.15, 0.2) is 46.0 Å². The number of carbonyl (C=O) groups excluding carboxylic acids is 1. The van der Waals surface area contributed by atoms with Crippen LogP contribution in [0, 0.1) is 6.92 Å². The third-order valence-corrected chi connectivity index (χ3v) is 4.23. The van der Waals surface area contributed by atoms with E-state index >= 15 is 0 Å². The van der Waals surface area contributed by atoms with Gasteiger partial charge < -0.3 is 9.47 Å². The molecule has 0 spiro atoms. The number of amides is 1. The summed E-state index contributed by atoms with van der Waals surface area (Å²) in [5, 5.41) is 3.97. The molecule has 0 saturated carbocycles. The molecule has 0 atom stereocenters. The van der Waals surface area contributed by atoms with Crippen molar-refractivity contribution in [2.24, 2.45) is 5.10 Å². The highest BCUT2D eigenvalue weighted by molar-refractivity contribution is 9.10. The van der Waals surface area contributed by atoms with Crippen LogP contribution in [0.2, 0.25) is 0 Å². The van der Waals surface area contributed by atoms with Crippen molar-refractivity contribution in [3.63, 3.8) is 0 Å². The fraction of sp³-hybridized carbons (Fsp3) is 0.300. The second-order valence-electron chi connectivity index (χ2n) is 6.16. The van der Waals surface area contributed by atoms with Crippen molar-refractivity contribution in [3.05, 3.63) is 57.6 Å². The number of aryl methyl sites for hydroxylation is 1. The van der Waals surface area contributed by atoms with Crippen LogP contribution in [0.25, 0.3) is 0 Å². The van der Waals surface area contributed by atoms with E-state index in [1.807, 2.05) is 43.3 Å². The summed E-state index contributed by atoms with van der Waals surface area (Å²) in [4.78, 5) is 12.0. The summed E-state index contributed by atoms with van der Waals surface area (Å²) in [5.41, 5.74) is 5.39. The zero-order valence-electron chi connectivity index (χ0n) is 15.4. The summed E-state index contributed by atoms with van der Waals surface area (Å²) >= 11 is 3.40. The van der Waals surface area contributed by atoms with Crippen molar-refractivity contribution in [3.8, 4) is 11.5 Å². The van der Waals surface area contributed by atoms with E-state index in [4.69, 9.17) is 9.47 Å². The van der Waals surface area contributed by atoms with E-state index in [1.165, 1.54) is 6.21 Å². The third kappa shape index (κ3) is 5.59. The number of ether oxygens (including phenoxy) is 2. The quantitative estimate of drug-likeness (QED) is 0.534. The second kappa shape index (κ2) is 9.38. The minimum Gasteiger partial charge on any atom is -0.496 e. The molecule has 0 heterocycles. The number of nitrogens with one attached hydrogen (secondary N) is 1. The average molecular weight is 419 g/mol. The van der Waals surface area contributed by atoms with Gasteiger partial charge in [0.2, 0.25) is 0 Å². The lowest BCUT2D eigenvalue weighted by molar-refractivity contribution is -0.123. The molecule has 0 radical (unpaired) electrons. The molecule has 0 aliphatic heterocycles. The molecule has 0 fully saturated rings. The van der Waals surface area contributed by atoms with Crippen molar-refractivity contribution < 1.29 is 14.3 Å². The van der Waals surface area contributed by atoms with Crippen molar-refractivity contribution >= 4 is 28.1 Å². The number of hydrogen-bond donors (Lipinski definition) is 1. The Hall–Kier alpha value is -2.34. The zero-order chi connectivity index (χ0) is 19.1. The van der Waals surface area contributed by atoms with Crippen LogP contribution in [0.5, 0.6) is 11.5 Å². The molecule has 138 valence electrons. The maximum atomic E-state index is 12.0. The van der Waals surface area contributed by atoms with Crippen molar-refractivity contribution in [2.45, 2.75) is 26.7 Å². The van der Waals surface area contributed by atoms with E-state index in [9.17, 15) is 4.79 Å². The Morgan fingerprint density at radius 3 is 2.69 bits per heavy atom. The molecule has 0 bridgehead atoms. The van der Waals surface area contributed by atoms with E-state index in [0.29, 0.717) is 11.7 Å². The van der Waals surface area contributed by atoms with Crippen LogP contribution < -0.4 is 14.9 Å². The Labute approximate surface area is 162 Å². The summed E-state index contributed by atoms with van der Waals surface area (Å²) in [6.45, 7) is 6.07. The molecule has 2 aromatic rings. The zero-order valence-corrected chi connectivity index (χ0v) is 17.0. The van der Waals surface area contributed by atoms with Gasteiger partial charge in [0.15, 0.2) is 6.61 Å². The highest BCUT2D eigenvalue weighted by atomic mass is 79.9. The van der Waals surface area contributed by atoms with Gasteiger partial charge in [-0.2, -0.15) is 5.10 Å². The molecule has 6 heteroatoms. The summed E-state index contributed by atoms with van der Waals surface area (Å²) in [7, 11) is 1.58. The maximum absolute atomic E-state index is 12.0. The average Bonchev–Trinajstić information content (AvgIpc) is 2.60. The van der Waals surface area contributed by atoms with E-state index < -0.39 is 0 Å². The van der Waals surface area contributed by atoms with E-state index in [0.717, 1.165) is 26.9 Å². The van der Waals surface area contributed by atoms with Gasteiger partial charge in [-0.3, -0.25) is 4.79 Å². The molecule has 2 aromatic carbocycles. The molecule has 0 saturated heterocycles. The predicted octanol–water partition coefficient (Wildman–Crippen LogP) is 4.42. The first-order chi connectivity index (χ1) is 12.4. The Bertz CT molecular complexity index is 804. The van der Waals surface area contributed by atoms with Crippen LogP contribution in [0.3, 0.4) is 0 Å². The summed E-state index contributed by atoms with van der Waals surface area (Å²) in [6, 6.07) is 11.6. The minimum absolute atomic E-state index is 0.101. The standard InChI is InChI=1S/C20H23BrN2O3/c1-13(2)17-7-5-14(3)9-19(17)26-12-20(24)23-22-11-15-10-16(21)6-8-18(15)25-4/h5-11,13H,12H2,1-4H3,(H,23,24)/b22-11+. The number of carbonyl (C=O) groups is 1. The monoisotopic (exact) mass is 418 g/mol. The normalized spacial score (nSPS) is 11.0. The highest BCUT2D eigenvalue weighted by Gasteiger charge is 2.10. The number of halogens is 1. The van der Waals surface area contributed by atoms with E-state index in [1.54, 1.807) is 7.11 Å². The molecule has 0 aliphatic carbocycles. The largest absolute Gasteiger partial charge is 0.496 e. The third-order valence-electron chi connectivity index (χ3n) is 3.73. The van der Waals surface area contributed by atoms with Gasteiger partial charge in [0.05, 0.1) is 13.3 Å². The first-order valence-corrected chi connectivity index (χ1v) is 9.08. The molecule has 1 amide bonds. The van der Waals surface area contributed by atoms with Crippen LogP contribution in [0.4, 0.5) is 0 Å². The van der Waals surface area contributed by atoms with Crippen LogP contribution in [0.1, 0.15) is 36.5 Å². The van der Waals surface area contributed by atoms with Gasteiger partial charge in [-0.25, -0.2) is 5.43 Å². The van der Waals surface area contributed by atoms with E-state index in [-0.39, 0.29) is 12.5 Å². The Morgan fingerprint density at radius 1 is 1.23 bits per heavy atom. The maximum Gasteiger partial charge on any atom is 0.277 e. The molecule has 1 N–H and O–H groups in total. The predicted molar refractivity (Wildman–Crippen MR) is 107 cm³/mol. The van der Waals surface area contributed by atoms with Crippen molar-refractivity contribution in [1.29, 1.82) is 0 Å². The molecular formula is C20H23BrN2O3. The molecular weight excluding hydrogens is 396 g/mol. The van der Waals surface area contributed by atoms with Gasteiger partial charge in [0, 0.05) is 10.0 Å². The van der Waals surface area contributed by atoms with Gasteiger partial charge in [0.25, 0.3) is 5.91 Å². The molecule has 2 rings (SSSR count). The van der Waals surface area contributed by atoms with Gasteiger partial charge in [-0.15, -0.1) is 0 Å².